The molecular formula is C15H21ClN2O3S. The minimum Gasteiger partial charge on any atom is -0.385 e. The summed E-state index contributed by atoms with van der Waals surface area (Å²) in [6.07, 6.45) is 0.888. The smallest absolute Gasteiger partial charge is 0.224 e. The number of nitrogens with one attached hydrogen (secondary N) is 1. The summed E-state index contributed by atoms with van der Waals surface area (Å²) in [5, 5.41) is 3.83. The number of carbonyl (C=O) groups is 1. The lowest BCUT2D eigenvalue weighted by atomic mass is 10.2. The van der Waals surface area contributed by atoms with Crippen LogP contribution in [-0.2, 0) is 14.6 Å². The monoisotopic (exact) mass is 344 g/mol. The summed E-state index contributed by atoms with van der Waals surface area (Å²) in [4.78, 5) is 14.0. The van der Waals surface area contributed by atoms with Crippen LogP contribution in [0.1, 0.15) is 19.8 Å². The highest BCUT2D eigenvalue weighted by Gasteiger charge is 2.33. The molecule has 0 saturated carbocycles. The van der Waals surface area contributed by atoms with Gasteiger partial charge in [-0.1, -0.05) is 11.6 Å². The van der Waals surface area contributed by atoms with Crippen molar-refractivity contribution >= 4 is 33.0 Å². The Balaban J connectivity index is 1.83. The average Bonchev–Trinajstić information content (AvgIpc) is 2.82. The van der Waals surface area contributed by atoms with Crippen LogP contribution in [0.5, 0.6) is 0 Å². The fourth-order valence-corrected chi connectivity index (χ4v) is 4.54. The normalized spacial score (nSPS) is 19.8. The van der Waals surface area contributed by atoms with Crippen molar-refractivity contribution in [1.82, 2.24) is 4.90 Å². The Labute approximate surface area is 136 Å². The second-order valence-corrected chi connectivity index (χ2v) is 8.09. The van der Waals surface area contributed by atoms with Crippen molar-refractivity contribution in [2.75, 3.05) is 29.9 Å². The van der Waals surface area contributed by atoms with Crippen LogP contribution in [0, 0.1) is 0 Å². The quantitative estimate of drug-likeness (QED) is 0.859. The maximum atomic E-state index is 12.3. The molecule has 22 heavy (non-hydrogen) atoms. The van der Waals surface area contributed by atoms with Crippen molar-refractivity contribution in [2.24, 2.45) is 0 Å². The van der Waals surface area contributed by atoms with Gasteiger partial charge in [0.25, 0.3) is 0 Å². The summed E-state index contributed by atoms with van der Waals surface area (Å²) in [6, 6.07) is 7.11. The molecule has 5 nitrogen and oxygen atoms in total. The Hall–Kier alpha value is -1.27. The van der Waals surface area contributed by atoms with E-state index in [1.165, 1.54) is 0 Å². The van der Waals surface area contributed by atoms with E-state index in [0.717, 1.165) is 5.69 Å². The number of nitrogens with zero attached hydrogens (tertiary/aromatic N) is 1. The first-order valence-electron chi connectivity index (χ1n) is 7.40. The molecule has 0 bridgehead atoms. The Morgan fingerprint density at radius 2 is 2.05 bits per heavy atom. The number of sulfone groups is 1. The summed E-state index contributed by atoms with van der Waals surface area (Å²) < 4.78 is 23.1. The van der Waals surface area contributed by atoms with Crippen LogP contribution in [-0.4, -0.2) is 49.9 Å². The number of anilines is 1. The molecule has 1 amide bonds. The fourth-order valence-electron chi connectivity index (χ4n) is 2.68. The lowest BCUT2D eigenvalue weighted by Crippen LogP contribution is -2.41. The lowest BCUT2D eigenvalue weighted by molar-refractivity contribution is -0.132. The van der Waals surface area contributed by atoms with Gasteiger partial charge in [-0.25, -0.2) is 8.42 Å². The first-order chi connectivity index (χ1) is 10.4. The van der Waals surface area contributed by atoms with Crippen LogP contribution in [0.25, 0.3) is 0 Å². The number of carbonyl (C=O) groups excluding carboxylic acids is 1. The Morgan fingerprint density at radius 1 is 1.36 bits per heavy atom. The molecular weight excluding hydrogens is 324 g/mol. The van der Waals surface area contributed by atoms with Gasteiger partial charge < -0.3 is 10.2 Å². The third-order valence-electron chi connectivity index (χ3n) is 3.82. The summed E-state index contributed by atoms with van der Waals surface area (Å²) in [7, 11) is -2.97. The number of hydrogen-bond donors (Lipinski definition) is 1. The lowest BCUT2D eigenvalue weighted by Gasteiger charge is -2.27. The number of halogens is 1. The third kappa shape index (κ3) is 4.61. The molecule has 1 saturated heterocycles. The molecule has 1 N–H and O–H groups in total. The van der Waals surface area contributed by atoms with Crippen molar-refractivity contribution in [2.45, 2.75) is 25.8 Å². The highest BCUT2D eigenvalue weighted by atomic mass is 35.5. The van der Waals surface area contributed by atoms with Crippen LogP contribution in [0.2, 0.25) is 5.02 Å². The van der Waals surface area contributed by atoms with E-state index in [9.17, 15) is 13.2 Å². The van der Waals surface area contributed by atoms with Gasteiger partial charge in [0, 0.05) is 36.3 Å². The maximum Gasteiger partial charge on any atom is 0.224 e. The molecule has 0 radical (unpaired) electrons. The molecule has 1 aromatic rings. The predicted octanol–water partition coefficient (Wildman–Crippen LogP) is 2.18. The van der Waals surface area contributed by atoms with Crippen molar-refractivity contribution in [3.63, 3.8) is 0 Å². The molecule has 122 valence electrons. The maximum absolute atomic E-state index is 12.3. The van der Waals surface area contributed by atoms with Gasteiger partial charge in [0.05, 0.1) is 11.5 Å². The van der Waals surface area contributed by atoms with Crippen LogP contribution in [0.15, 0.2) is 24.3 Å². The second-order valence-electron chi connectivity index (χ2n) is 5.42. The Morgan fingerprint density at radius 3 is 2.59 bits per heavy atom. The van der Waals surface area contributed by atoms with Crippen LogP contribution in [0.3, 0.4) is 0 Å². The van der Waals surface area contributed by atoms with Gasteiger partial charge in [-0.15, -0.1) is 0 Å². The van der Waals surface area contributed by atoms with E-state index < -0.39 is 9.84 Å². The van der Waals surface area contributed by atoms with E-state index in [2.05, 4.69) is 5.32 Å². The van der Waals surface area contributed by atoms with Gasteiger partial charge in [-0.3, -0.25) is 4.79 Å². The molecule has 1 unspecified atom stereocenters. The van der Waals surface area contributed by atoms with Crippen molar-refractivity contribution in [1.29, 1.82) is 0 Å². The number of hydrogen-bond acceptors (Lipinski definition) is 4. The van der Waals surface area contributed by atoms with Crippen LogP contribution < -0.4 is 5.32 Å². The van der Waals surface area contributed by atoms with Crippen molar-refractivity contribution in [3.8, 4) is 0 Å². The highest BCUT2D eigenvalue weighted by molar-refractivity contribution is 7.91. The first kappa shape index (κ1) is 17.1. The zero-order chi connectivity index (χ0) is 16.2. The van der Waals surface area contributed by atoms with E-state index in [0.29, 0.717) is 31.0 Å². The molecule has 1 fully saturated rings. The zero-order valence-electron chi connectivity index (χ0n) is 12.6. The van der Waals surface area contributed by atoms with Crippen molar-refractivity contribution < 1.29 is 13.2 Å². The topological polar surface area (TPSA) is 66.5 Å². The van der Waals surface area contributed by atoms with Crippen LogP contribution >= 0.6 is 11.6 Å². The Bertz CT molecular complexity index is 616. The first-order valence-corrected chi connectivity index (χ1v) is 9.60. The van der Waals surface area contributed by atoms with Crippen LogP contribution in [0.4, 0.5) is 5.69 Å². The van der Waals surface area contributed by atoms with E-state index in [-0.39, 0.29) is 23.5 Å². The molecule has 0 aromatic heterocycles. The number of amides is 1. The zero-order valence-corrected chi connectivity index (χ0v) is 14.2. The minimum absolute atomic E-state index is 0.00827. The molecule has 7 heteroatoms. The molecule has 0 aliphatic carbocycles. The van der Waals surface area contributed by atoms with Gasteiger partial charge in [-0.2, -0.15) is 0 Å². The molecule has 1 heterocycles. The van der Waals surface area contributed by atoms with Gasteiger partial charge >= 0.3 is 0 Å². The number of rotatable bonds is 6. The fraction of sp³-hybridized carbons (Fsp3) is 0.533. The molecule has 2 rings (SSSR count). The van der Waals surface area contributed by atoms with Gasteiger partial charge in [0.2, 0.25) is 5.91 Å². The Kier molecular flexibility index (Phi) is 5.69. The molecule has 1 aliphatic rings. The van der Waals surface area contributed by atoms with E-state index in [4.69, 9.17) is 11.6 Å². The standard InChI is InChI=1S/C15H21ClN2O3S/c1-2-18(14-8-10-22(20,21)11-14)15(19)7-9-17-13-5-3-12(16)4-6-13/h3-6,14,17H,2,7-11H2,1H3. The molecule has 1 aliphatic heterocycles. The highest BCUT2D eigenvalue weighted by Crippen LogP contribution is 2.18. The van der Waals surface area contributed by atoms with Gasteiger partial charge in [0.15, 0.2) is 9.84 Å². The molecule has 0 spiro atoms. The summed E-state index contributed by atoms with van der Waals surface area (Å²) in [5.74, 6) is 0.271. The summed E-state index contributed by atoms with van der Waals surface area (Å²) >= 11 is 5.81. The number of benzene rings is 1. The minimum atomic E-state index is -2.97. The second kappa shape index (κ2) is 7.33. The SMILES string of the molecule is CCN(C(=O)CCNc1ccc(Cl)cc1)C1CCS(=O)(=O)C1. The van der Waals surface area contributed by atoms with Crippen molar-refractivity contribution in [3.05, 3.63) is 29.3 Å². The van der Waals surface area contributed by atoms with E-state index in [1.807, 2.05) is 19.1 Å². The van der Waals surface area contributed by atoms with E-state index in [1.54, 1.807) is 17.0 Å². The van der Waals surface area contributed by atoms with Gasteiger partial charge in [0.1, 0.15) is 0 Å². The molecule has 1 aromatic carbocycles. The summed E-state index contributed by atoms with van der Waals surface area (Å²) in [5.41, 5.74) is 0.906. The predicted molar refractivity (Wildman–Crippen MR) is 89.0 cm³/mol. The van der Waals surface area contributed by atoms with Gasteiger partial charge in [-0.05, 0) is 37.6 Å². The average molecular weight is 345 g/mol. The summed E-state index contributed by atoms with van der Waals surface area (Å²) in [6.45, 7) is 2.94. The van der Waals surface area contributed by atoms with E-state index >= 15 is 0 Å². The molecule has 1 atom stereocenters. The third-order valence-corrected chi connectivity index (χ3v) is 5.82. The largest absolute Gasteiger partial charge is 0.385 e.